The molecule has 0 atom stereocenters. The van der Waals surface area contributed by atoms with Crippen molar-refractivity contribution >= 4 is 17.4 Å². The van der Waals surface area contributed by atoms with Crippen molar-refractivity contribution in [2.45, 2.75) is 12.7 Å². The molecule has 1 heterocycles. The second kappa shape index (κ2) is 8.08. The van der Waals surface area contributed by atoms with E-state index >= 15 is 0 Å². The average Bonchev–Trinajstić information content (AvgIpc) is 2.68. The van der Waals surface area contributed by atoms with Gasteiger partial charge in [-0.25, -0.2) is 9.97 Å². The van der Waals surface area contributed by atoms with Crippen LogP contribution in [-0.2, 0) is 12.7 Å². The Morgan fingerprint density at radius 1 is 1.04 bits per heavy atom. The predicted octanol–water partition coefficient (Wildman–Crippen LogP) is 4.51. The highest BCUT2D eigenvalue weighted by molar-refractivity contribution is 5.92. The largest absolute Gasteiger partial charge is 0.416 e. The highest BCUT2D eigenvalue weighted by atomic mass is 19.4. The van der Waals surface area contributed by atoms with Crippen molar-refractivity contribution in [1.82, 2.24) is 14.9 Å². The predicted molar refractivity (Wildman–Crippen MR) is 99.0 cm³/mol. The molecule has 0 spiro atoms. The number of hydrogen-bond acceptors (Lipinski definition) is 4. The summed E-state index contributed by atoms with van der Waals surface area (Å²) in [6, 6.07) is 15.5. The lowest BCUT2D eigenvalue weighted by molar-refractivity contribution is -0.137. The van der Waals surface area contributed by atoms with E-state index in [1.165, 1.54) is 29.4 Å². The second-order valence-corrected chi connectivity index (χ2v) is 6.14. The Kier molecular flexibility index (Phi) is 5.58. The first-order chi connectivity index (χ1) is 13.3. The van der Waals surface area contributed by atoms with E-state index in [1.807, 2.05) is 30.3 Å². The molecule has 8 heteroatoms. The minimum atomic E-state index is -4.39. The van der Waals surface area contributed by atoms with Crippen LogP contribution in [0.5, 0.6) is 0 Å². The Labute approximate surface area is 159 Å². The Morgan fingerprint density at radius 3 is 2.36 bits per heavy atom. The zero-order valence-corrected chi connectivity index (χ0v) is 14.9. The molecule has 0 aliphatic heterocycles. The number of carbonyl (C=O) groups excluding carboxylic acids is 1. The van der Waals surface area contributed by atoms with E-state index in [2.05, 4.69) is 15.3 Å². The fraction of sp³-hybridized carbons (Fsp3) is 0.150. The van der Waals surface area contributed by atoms with E-state index in [9.17, 15) is 18.0 Å². The summed E-state index contributed by atoms with van der Waals surface area (Å²) in [4.78, 5) is 22.1. The standard InChI is InChI=1S/C20H17F3N4O/c1-27(12-14-5-3-2-4-6-14)19(28)17-11-18(25-13-24-17)26-16-9-7-15(8-10-16)20(21,22)23/h2-11,13H,12H2,1H3,(H,24,25,26). The molecule has 0 aliphatic carbocycles. The molecule has 1 aromatic heterocycles. The van der Waals surface area contributed by atoms with Crippen molar-refractivity contribution in [2.75, 3.05) is 12.4 Å². The number of nitrogens with zero attached hydrogens (tertiary/aromatic N) is 3. The van der Waals surface area contributed by atoms with Gasteiger partial charge >= 0.3 is 6.18 Å². The normalized spacial score (nSPS) is 11.1. The molecule has 0 bridgehead atoms. The van der Waals surface area contributed by atoms with Gasteiger partial charge in [-0.2, -0.15) is 13.2 Å². The van der Waals surface area contributed by atoms with Gasteiger partial charge in [-0.15, -0.1) is 0 Å². The van der Waals surface area contributed by atoms with Crippen LogP contribution >= 0.6 is 0 Å². The van der Waals surface area contributed by atoms with Gasteiger partial charge in [-0.3, -0.25) is 4.79 Å². The highest BCUT2D eigenvalue weighted by Gasteiger charge is 2.29. The second-order valence-electron chi connectivity index (χ2n) is 6.14. The van der Waals surface area contributed by atoms with Gasteiger partial charge in [0.25, 0.3) is 5.91 Å². The van der Waals surface area contributed by atoms with Gasteiger partial charge < -0.3 is 10.2 Å². The zero-order valence-electron chi connectivity index (χ0n) is 14.9. The van der Waals surface area contributed by atoms with Crippen LogP contribution < -0.4 is 5.32 Å². The van der Waals surface area contributed by atoms with Gasteiger partial charge in [0, 0.05) is 25.3 Å². The summed E-state index contributed by atoms with van der Waals surface area (Å²) in [6.07, 6.45) is -3.16. The van der Waals surface area contributed by atoms with Crippen LogP contribution in [-0.4, -0.2) is 27.8 Å². The number of hydrogen-bond donors (Lipinski definition) is 1. The molecule has 144 valence electrons. The maximum Gasteiger partial charge on any atom is 0.416 e. The Bertz CT molecular complexity index is 944. The fourth-order valence-corrected chi connectivity index (χ4v) is 2.56. The number of amides is 1. The monoisotopic (exact) mass is 386 g/mol. The van der Waals surface area contributed by atoms with E-state index in [0.717, 1.165) is 17.7 Å². The SMILES string of the molecule is CN(Cc1ccccc1)C(=O)c1cc(Nc2ccc(C(F)(F)F)cc2)ncn1. The quantitative estimate of drug-likeness (QED) is 0.701. The lowest BCUT2D eigenvalue weighted by atomic mass is 10.2. The highest BCUT2D eigenvalue weighted by Crippen LogP contribution is 2.30. The third-order valence-electron chi connectivity index (χ3n) is 3.98. The topological polar surface area (TPSA) is 58.1 Å². The van der Waals surface area contributed by atoms with Crippen molar-refractivity contribution in [3.63, 3.8) is 0 Å². The van der Waals surface area contributed by atoms with Gasteiger partial charge in [-0.1, -0.05) is 30.3 Å². The van der Waals surface area contributed by atoms with Crippen molar-refractivity contribution < 1.29 is 18.0 Å². The average molecular weight is 386 g/mol. The molecule has 0 fully saturated rings. The summed E-state index contributed by atoms with van der Waals surface area (Å²) in [5.74, 6) is 0.0212. The van der Waals surface area contributed by atoms with Crippen LogP contribution in [0.2, 0.25) is 0 Å². The van der Waals surface area contributed by atoms with Crippen molar-refractivity contribution in [3.8, 4) is 0 Å². The number of aromatic nitrogens is 2. The lowest BCUT2D eigenvalue weighted by Gasteiger charge is -2.17. The molecule has 2 aromatic carbocycles. The number of alkyl halides is 3. The molecule has 0 radical (unpaired) electrons. The van der Waals surface area contributed by atoms with Gasteiger partial charge in [0.2, 0.25) is 0 Å². The first kappa shape index (κ1) is 19.3. The van der Waals surface area contributed by atoms with Gasteiger partial charge in [-0.05, 0) is 29.8 Å². The molecule has 3 rings (SSSR count). The number of halogens is 3. The van der Waals surface area contributed by atoms with Crippen LogP contribution in [0.15, 0.2) is 67.0 Å². The van der Waals surface area contributed by atoms with Crippen molar-refractivity contribution in [1.29, 1.82) is 0 Å². The smallest absolute Gasteiger partial charge is 0.340 e. The molecule has 1 N–H and O–H groups in total. The Hall–Kier alpha value is -3.42. The van der Waals surface area contributed by atoms with Crippen molar-refractivity contribution in [2.24, 2.45) is 0 Å². The summed E-state index contributed by atoms with van der Waals surface area (Å²) in [5, 5.41) is 2.88. The third-order valence-corrected chi connectivity index (χ3v) is 3.98. The molecular formula is C20H17F3N4O. The van der Waals surface area contributed by atoms with Crippen LogP contribution in [0.3, 0.4) is 0 Å². The van der Waals surface area contributed by atoms with Gasteiger partial charge in [0.1, 0.15) is 17.8 Å². The Balaban J connectivity index is 1.70. The van der Waals surface area contributed by atoms with E-state index in [-0.39, 0.29) is 11.6 Å². The molecule has 0 unspecified atom stereocenters. The van der Waals surface area contributed by atoms with E-state index in [0.29, 0.717) is 18.1 Å². The fourth-order valence-electron chi connectivity index (χ4n) is 2.56. The molecule has 0 saturated carbocycles. The summed E-state index contributed by atoms with van der Waals surface area (Å²) < 4.78 is 37.9. The van der Waals surface area contributed by atoms with Gasteiger partial charge in [0.15, 0.2) is 0 Å². The molecular weight excluding hydrogens is 369 g/mol. The molecule has 3 aromatic rings. The molecule has 5 nitrogen and oxygen atoms in total. The maximum atomic E-state index is 12.6. The summed E-state index contributed by atoms with van der Waals surface area (Å²) in [7, 11) is 1.67. The number of anilines is 2. The van der Waals surface area contributed by atoms with Gasteiger partial charge in [0.05, 0.1) is 5.56 Å². The minimum absolute atomic E-state index is 0.183. The third kappa shape index (κ3) is 4.85. The van der Waals surface area contributed by atoms with E-state index in [4.69, 9.17) is 0 Å². The maximum absolute atomic E-state index is 12.6. The zero-order chi connectivity index (χ0) is 20.1. The van der Waals surface area contributed by atoms with Crippen LogP contribution in [0.4, 0.5) is 24.7 Å². The number of carbonyl (C=O) groups is 1. The van der Waals surface area contributed by atoms with Crippen LogP contribution in [0.25, 0.3) is 0 Å². The summed E-state index contributed by atoms with van der Waals surface area (Å²) in [5.41, 5.74) is 0.847. The Morgan fingerprint density at radius 2 is 1.71 bits per heavy atom. The first-order valence-corrected chi connectivity index (χ1v) is 8.38. The van der Waals surface area contributed by atoms with Crippen LogP contribution in [0, 0.1) is 0 Å². The lowest BCUT2D eigenvalue weighted by Crippen LogP contribution is -2.27. The first-order valence-electron chi connectivity index (χ1n) is 8.38. The minimum Gasteiger partial charge on any atom is -0.340 e. The van der Waals surface area contributed by atoms with Crippen LogP contribution in [0.1, 0.15) is 21.6 Å². The number of benzene rings is 2. The summed E-state index contributed by atoms with van der Waals surface area (Å²) in [6.45, 7) is 0.422. The molecule has 0 aliphatic rings. The summed E-state index contributed by atoms with van der Waals surface area (Å²) >= 11 is 0. The molecule has 0 saturated heterocycles. The number of rotatable bonds is 5. The molecule has 28 heavy (non-hydrogen) atoms. The van der Waals surface area contributed by atoms with Crippen molar-refractivity contribution in [3.05, 3.63) is 83.8 Å². The number of nitrogens with one attached hydrogen (secondary N) is 1. The van der Waals surface area contributed by atoms with E-state index < -0.39 is 11.7 Å². The molecule has 1 amide bonds. The van der Waals surface area contributed by atoms with E-state index in [1.54, 1.807) is 7.05 Å².